The Kier molecular flexibility index (Phi) is 4.22. The molecule has 0 atom stereocenters. The van der Waals surface area contributed by atoms with E-state index in [9.17, 15) is 0 Å². The largest absolute Gasteiger partial charge is 0.468 e. The summed E-state index contributed by atoms with van der Waals surface area (Å²) < 4.78 is 9.52. The van der Waals surface area contributed by atoms with Crippen molar-refractivity contribution in [3.05, 3.63) is 23.5 Å². The molecule has 0 aliphatic carbocycles. The minimum Gasteiger partial charge on any atom is -0.468 e. The van der Waals surface area contributed by atoms with Crippen molar-refractivity contribution >= 4 is 5.95 Å². The van der Waals surface area contributed by atoms with E-state index in [0.717, 1.165) is 0 Å². The van der Waals surface area contributed by atoms with Crippen LogP contribution in [0.4, 0.5) is 5.95 Å². The highest BCUT2D eigenvalue weighted by atomic mass is 16.7. The van der Waals surface area contributed by atoms with Crippen molar-refractivity contribution in [1.82, 2.24) is 9.97 Å². The van der Waals surface area contributed by atoms with Crippen molar-refractivity contribution in [3.63, 3.8) is 0 Å². The van der Waals surface area contributed by atoms with Crippen LogP contribution in [-0.2, 0) is 9.47 Å². The quantitative estimate of drug-likeness (QED) is 0.620. The fourth-order valence-corrected chi connectivity index (χ4v) is 0.889. The first-order chi connectivity index (χ1) is 8.24. The highest BCUT2D eigenvalue weighted by Gasteiger charge is 2.07. The minimum absolute atomic E-state index is 0.0239. The summed E-state index contributed by atoms with van der Waals surface area (Å²) in [5.41, 5.74) is 0.0215. The van der Waals surface area contributed by atoms with Crippen LogP contribution in [0.2, 0.25) is 0 Å². The second-order valence-electron chi connectivity index (χ2n) is 2.58. The number of ether oxygens (including phenoxy) is 2. The Morgan fingerprint density at radius 2 is 2.06 bits per heavy atom. The highest BCUT2D eigenvalue weighted by Crippen LogP contribution is 2.11. The maximum Gasteiger partial charge on any atom is 0.299 e. The average molecular weight is 232 g/mol. The van der Waals surface area contributed by atoms with Crippen molar-refractivity contribution in [1.29, 1.82) is 10.5 Å². The second-order valence-corrected chi connectivity index (χ2v) is 2.58. The molecule has 86 valence electrons. The lowest BCUT2D eigenvalue weighted by Crippen LogP contribution is -1.87. The van der Waals surface area contributed by atoms with E-state index >= 15 is 0 Å². The van der Waals surface area contributed by atoms with Crippen LogP contribution >= 0.6 is 0 Å². The van der Waals surface area contributed by atoms with Crippen LogP contribution in [0, 0.1) is 22.7 Å². The lowest BCUT2D eigenvalue weighted by Gasteiger charge is -1.99. The zero-order chi connectivity index (χ0) is 12.7. The summed E-state index contributed by atoms with van der Waals surface area (Å²) in [6.45, 7) is 0. The Morgan fingerprint density at radius 1 is 1.35 bits per heavy atom. The molecule has 0 saturated heterocycles. The number of hydrogen-bond acceptors (Lipinski definition) is 7. The van der Waals surface area contributed by atoms with Gasteiger partial charge in [0.15, 0.2) is 11.4 Å². The third kappa shape index (κ3) is 3.04. The number of rotatable bonds is 4. The number of nitrogens with zero attached hydrogens (tertiary/aromatic N) is 5. The fraction of sp³-hybridized carbons (Fsp3) is 0.222. The van der Waals surface area contributed by atoms with Gasteiger partial charge in [-0.15, -0.1) is 10.2 Å². The third-order valence-corrected chi connectivity index (χ3v) is 1.63. The van der Waals surface area contributed by atoms with E-state index in [4.69, 9.17) is 20.0 Å². The molecule has 0 saturated carbocycles. The van der Waals surface area contributed by atoms with Crippen LogP contribution in [0.5, 0.6) is 0 Å². The summed E-state index contributed by atoms with van der Waals surface area (Å²) in [4.78, 5) is 6.26. The lowest BCUT2D eigenvalue weighted by molar-refractivity contribution is 0.0943. The summed E-state index contributed by atoms with van der Waals surface area (Å²) >= 11 is 0. The lowest BCUT2D eigenvalue weighted by atomic mass is 10.4. The molecule has 1 heterocycles. The zero-order valence-corrected chi connectivity index (χ0v) is 9.13. The normalized spacial score (nSPS) is 9.41. The van der Waals surface area contributed by atoms with Gasteiger partial charge in [0.1, 0.15) is 18.3 Å². The van der Waals surface area contributed by atoms with Gasteiger partial charge in [0.25, 0.3) is 5.95 Å². The molecule has 8 nitrogen and oxygen atoms in total. The van der Waals surface area contributed by atoms with Crippen LogP contribution < -0.4 is 0 Å². The minimum atomic E-state index is -0.0239. The number of H-pyrrole nitrogens is 1. The van der Waals surface area contributed by atoms with E-state index in [1.165, 1.54) is 20.4 Å². The fourth-order valence-electron chi connectivity index (χ4n) is 0.889. The first-order valence-electron chi connectivity index (χ1n) is 4.34. The van der Waals surface area contributed by atoms with Gasteiger partial charge in [0, 0.05) is 0 Å². The first kappa shape index (κ1) is 12.2. The molecule has 0 aliphatic rings. The van der Waals surface area contributed by atoms with Crippen molar-refractivity contribution in [2.45, 2.75) is 0 Å². The van der Waals surface area contributed by atoms with Gasteiger partial charge in [-0.3, -0.25) is 0 Å². The van der Waals surface area contributed by atoms with Crippen LogP contribution in [0.3, 0.4) is 0 Å². The Hall–Kier alpha value is -2.87. The molecule has 1 aromatic rings. The monoisotopic (exact) mass is 232 g/mol. The van der Waals surface area contributed by atoms with E-state index in [1.807, 2.05) is 0 Å². The van der Waals surface area contributed by atoms with Crippen LogP contribution in [0.15, 0.2) is 22.4 Å². The van der Waals surface area contributed by atoms with Gasteiger partial charge in [-0.2, -0.15) is 15.5 Å². The summed E-state index contributed by atoms with van der Waals surface area (Å²) in [5.74, 6) is 0.224. The predicted molar refractivity (Wildman–Crippen MR) is 54.6 cm³/mol. The number of methoxy groups -OCH3 is 2. The molecular weight excluding hydrogens is 224 g/mol. The van der Waals surface area contributed by atoms with Gasteiger partial charge >= 0.3 is 0 Å². The molecule has 0 radical (unpaired) electrons. The molecule has 1 rings (SSSR count). The number of hydrogen-bond donors (Lipinski definition) is 1. The summed E-state index contributed by atoms with van der Waals surface area (Å²) in [5, 5.41) is 24.5. The molecule has 0 aliphatic heterocycles. The number of azo groups is 1. The molecule has 0 unspecified atom stereocenters. The molecule has 8 heteroatoms. The summed E-state index contributed by atoms with van der Waals surface area (Å²) in [6.07, 6.45) is 1.22. The Balaban J connectivity index is 2.87. The number of nitriles is 2. The van der Waals surface area contributed by atoms with Gasteiger partial charge < -0.3 is 14.5 Å². The summed E-state index contributed by atoms with van der Waals surface area (Å²) in [7, 11) is 2.83. The van der Waals surface area contributed by atoms with E-state index < -0.39 is 0 Å². The van der Waals surface area contributed by atoms with Gasteiger partial charge in [0.05, 0.1) is 14.2 Å². The molecule has 0 amide bonds. The zero-order valence-electron chi connectivity index (χ0n) is 9.13. The molecule has 0 fully saturated rings. The van der Waals surface area contributed by atoms with Crippen molar-refractivity contribution in [2.24, 2.45) is 10.2 Å². The maximum atomic E-state index is 8.66. The first-order valence-corrected chi connectivity index (χ1v) is 4.34. The Labute approximate surface area is 96.8 Å². The molecule has 0 spiro atoms. The van der Waals surface area contributed by atoms with E-state index in [1.54, 1.807) is 12.1 Å². The van der Waals surface area contributed by atoms with Crippen LogP contribution in [0.25, 0.3) is 0 Å². The molecule has 1 N–H and O–H groups in total. The standard InChI is InChI=1S/C9H8N6O2/c1-16-8(17-2)5-12-15-9-13-6(3-10)7(4-11)14-9/h5H,1-2H3,(H,13,14). The Morgan fingerprint density at radius 3 is 2.53 bits per heavy atom. The van der Waals surface area contributed by atoms with E-state index in [2.05, 4.69) is 20.2 Å². The van der Waals surface area contributed by atoms with Gasteiger partial charge in [0.2, 0.25) is 5.95 Å². The topological polar surface area (TPSA) is 119 Å². The number of aromatic nitrogens is 2. The van der Waals surface area contributed by atoms with Crippen molar-refractivity contribution in [3.8, 4) is 12.1 Å². The van der Waals surface area contributed by atoms with Gasteiger partial charge in [-0.25, -0.2) is 0 Å². The molecule has 0 aromatic carbocycles. The molecule has 17 heavy (non-hydrogen) atoms. The van der Waals surface area contributed by atoms with Gasteiger partial charge in [-0.1, -0.05) is 0 Å². The smallest absolute Gasteiger partial charge is 0.299 e. The molecule has 1 aromatic heterocycles. The predicted octanol–water partition coefficient (Wildman–Crippen LogP) is 1.33. The maximum absolute atomic E-state index is 8.66. The van der Waals surface area contributed by atoms with E-state index in [-0.39, 0.29) is 23.3 Å². The van der Waals surface area contributed by atoms with Crippen molar-refractivity contribution < 1.29 is 9.47 Å². The Bertz CT molecular complexity index is 493. The van der Waals surface area contributed by atoms with Crippen LogP contribution in [0.1, 0.15) is 11.4 Å². The number of imidazole rings is 1. The highest BCUT2D eigenvalue weighted by molar-refractivity contribution is 5.40. The molecule has 0 bridgehead atoms. The third-order valence-electron chi connectivity index (χ3n) is 1.63. The van der Waals surface area contributed by atoms with E-state index in [0.29, 0.717) is 0 Å². The van der Waals surface area contributed by atoms with Crippen LogP contribution in [-0.4, -0.2) is 24.2 Å². The average Bonchev–Trinajstić information content (AvgIpc) is 2.77. The SMILES string of the molecule is COC(=CN=Nc1nc(C#N)c(C#N)[nH]1)OC. The van der Waals surface area contributed by atoms with Crippen molar-refractivity contribution in [2.75, 3.05) is 14.2 Å². The number of nitrogens with one attached hydrogen (secondary N) is 1. The summed E-state index contributed by atoms with van der Waals surface area (Å²) in [6, 6.07) is 3.54. The second kappa shape index (κ2) is 5.88. The van der Waals surface area contributed by atoms with Gasteiger partial charge in [-0.05, 0) is 0 Å². The number of aromatic amines is 1. The molecular formula is C9H8N6O2.